The third kappa shape index (κ3) is 5.64. The van der Waals surface area contributed by atoms with Gasteiger partial charge in [-0.3, -0.25) is 9.79 Å². The minimum atomic E-state index is -0.496. The zero-order chi connectivity index (χ0) is 22.3. The lowest BCUT2D eigenvalue weighted by atomic mass is 9.95. The number of anilines is 1. The van der Waals surface area contributed by atoms with E-state index in [9.17, 15) is 4.79 Å². The van der Waals surface area contributed by atoms with E-state index in [0.29, 0.717) is 11.3 Å². The van der Waals surface area contributed by atoms with Crippen LogP contribution in [0.4, 0.5) is 11.4 Å². The zero-order valence-electron chi connectivity index (χ0n) is 18.3. The Balaban J connectivity index is 2.27. The van der Waals surface area contributed by atoms with E-state index in [1.165, 1.54) is 12.4 Å². The first-order valence-corrected chi connectivity index (χ1v) is 9.97. The standard InChI is InChI=1S/C24H31N5O/c1-15(2)21-12-18(8-11-22(21)28-16(3)4)23(27-5)24(30)29-20-9-6-17(7-10-20)19(13-25)14-26/h6-15,23,25,27H,26H2,1-5H3,(H,29,30)/b19-14+,25-13?. The van der Waals surface area contributed by atoms with Crippen LogP contribution in [0.1, 0.15) is 56.3 Å². The number of nitrogens with zero attached hydrogens (tertiary/aromatic N) is 1. The molecule has 0 heterocycles. The van der Waals surface area contributed by atoms with E-state index in [4.69, 9.17) is 11.1 Å². The second-order valence-corrected chi connectivity index (χ2v) is 7.59. The van der Waals surface area contributed by atoms with Crippen molar-refractivity contribution < 1.29 is 4.79 Å². The smallest absolute Gasteiger partial charge is 0.246 e. The molecule has 0 fully saturated rings. The number of aliphatic imine (C=N–C) groups is 1. The van der Waals surface area contributed by atoms with Crippen molar-refractivity contribution in [1.29, 1.82) is 5.41 Å². The highest BCUT2D eigenvalue weighted by Crippen LogP contribution is 2.30. The fourth-order valence-electron chi connectivity index (χ4n) is 3.19. The average Bonchev–Trinajstić information content (AvgIpc) is 2.71. The predicted molar refractivity (Wildman–Crippen MR) is 127 cm³/mol. The normalized spacial score (nSPS) is 12.4. The van der Waals surface area contributed by atoms with Crippen LogP contribution in [-0.4, -0.2) is 24.9 Å². The number of hydrogen-bond donors (Lipinski definition) is 4. The number of nitrogens with one attached hydrogen (secondary N) is 3. The van der Waals surface area contributed by atoms with Crippen molar-refractivity contribution in [3.8, 4) is 0 Å². The summed E-state index contributed by atoms with van der Waals surface area (Å²) in [6.45, 7) is 8.19. The molecule has 158 valence electrons. The Hall–Kier alpha value is -3.25. The van der Waals surface area contributed by atoms with Crippen molar-refractivity contribution in [2.75, 3.05) is 12.4 Å². The highest BCUT2D eigenvalue weighted by Gasteiger charge is 2.20. The summed E-state index contributed by atoms with van der Waals surface area (Å²) in [5.74, 6) is 0.138. The molecule has 0 bridgehead atoms. The van der Waals surface area contributed by atoms with Crippen molar-refractivity contribution in [3.63, 3.8) is 0 Å². The van der Waals surface area contributed by atoms with Gasteiger partial charge >= 0.3 is 0 Å². The molecule has 0 radical (unpaired) electrons. The molecule has 2 aromatic rings. The molecule has 0 saturated heterocycles. The Morgan fingerprint density at radius 3 is 2.30 bits per heavy atom. The van der Waals surface area contributed by atoms with Crippen molar-refractivity contribution in [2.45, 2.75) is 39.7 Å². The van der Waals surface area contributed by atoms with Gasteiger partial charge in [0.25, 0.3) is 0 Å². The van der Waals surface area contributed by atoms with Gasteiger partial charge in [-0.1, -0.05) is 38.1 Å². The fourth-order valence-corrected chi connectivity index (χ4v) is 3.19. The lowest BCUT2D eigenvalue weighted by molar-refractivity contribution is -0.118. The number of hydrogen-bond acceptors (Lipinski definition) is 5. The van der Waals surface area contributed by atoms with Gasteiger partial charge in [-0.05, 0) is 61.7 Å². The number of carbonyl (C=O) groups excluding carboxylic acids is 1. The van der Waals surface area contributed by atoms with Gasteiger partial charge < -0.3 is 21.8 Å². The maximum atomic E-state index is 13.0. The number of amides is 1. The van der Waals surface area contributed by atoms with E-state index < -0.39 is 6.04 Å². The molecule has 6 heteroatoms. The summed E-state index contributed by atoms with van der Waals surface area (Å²) < 4.78 is 0. The van der Waals surface area contributed by atoms with E-state index in [1.54, 1.807) is 19.2 Å². The van der Waals surface area contributed by atoms with Gasteiger partial charge in [-0.15, -0.1) is 0 Å². The number of carbonyl (C=O) groups is 1. The first kappa shape index (κ1) is 23.0. The third-order valence-electron chi connectivity index (χ3n) is 4.72. The lowest BCUT2D eigenvalue weighted by Gasteiger charge is -2.19. The van der Waals surface area contributed by atoms with Crippen LogP contribution in [0.2, 0.25) is 0 Å². The molecule has 0 aliphatic heterocycles. The Bertz CT molecular complexity index is 954. The summed E-state index contributed by atoms with van der Waals surface area (Å²) in [7, 11) is 1.77. The van der Waals surface area contributed by atoms with E-state index in [-0.39, 0.29) is 11.8 Å². The summed E-state index contributed by atoms with van der Waals surface area (Å²) in [6, 6.07) is 12.7. The molecule has 0 aromatic heterocycles. The van der Waals surface area contributed by atoms with Crippen molar-refractivity contribution >= 4 is 34.8 Å². The molecule has 30 heavy (non-hydrogen) atoms. The summed E-state index contributed by atoms with van der Waals surface area (Å²) in [6.07, 6.45) is 2.59. The SMILES string of the molecule is CNC(C(=O)Nc1ccc(/C(C=N)=C/N)cc1)c1ccc(N=C(C)C)c(C(C)C)c1. The summed E-state index contributed by atoms with van der Waals surface area (Å²) in [5, 5.41) is 13.4. The number of benzene rings is 2. The Labute approximate surface area is 178 Å². The van der Waals surface area contributed by atoms with Crippen LogP contribution in [0.5, 0.6) is 0 Å². The number of likely N-dealkylation sites (N-methyl/N-ethyl adjacent to an activating group) is 1. The Morgan fingerprint density at radius 2 is 1.80 bits per heavy atom. The third-order valence-corrected chi connectivity index (χ3v) is 4.72. The number of rotatable bonds is 8. The first-order chi connectivity index (χ1) is 14.3. The number of nitrogens with two attached hydrogens (primary N) is 1. The van der Waals surface area contributed by atoms with E-state index in [0.717, 1.165) is 28.1 Å². The average molecular weight is 406 g/mol. The summed E-state index contributed by atoms with van der Waals surface area (Å²) in [5.41, 5.74) is 11.6. The van der Waals surface area contributed by atoms with Gasteiger partial charge in [0.1, 0.15) is 6.04 Å². The molecule has 0 aliphatic rings. The fraction of sp³-hybridized carbons (Fsp3) is 0.292. The lowest BCUT2D eigenvalue weighted by Crippen LogP contribution is -2.30. The highest BCUT2D eigenvalue weighted by molar-refractivity contribution is 6.08. The second-order valence-electron chi connectivity index (χ2n) is 7.59. The molecule has 2 rings (SSSR count). The van der Waals surface area contributed by atoms with E-state index >= 15 is 0 Å². The highest BCUT2D eigenvalue weighted by atomic mass is 16.2. The molecule has 1 atom stereocenters. The van der Waals surface area contributed by atoms with Gasteiger partial charge in [0.2, 0.25) is 5.91 Å². The molecular formula is C24H31N5O. The van der Waals surface area contributed by atoms with E-state index in [1.807, 2.05) is 38.1 Å². The van der Waals surface area contributed by atoms with Crippen LogP contribution in [0.25, 0.3) is 5.57 Å². The molecule has 1 unspecified atom stereocenters. The Kier molecular flexibility index (Phi) is 8.07. The van der Waals surface area contributed by atoms with Crippen LogP contribution < -0.4 is 16.4 Å². The predicted octanol–water partition coefficient (Wildman–Crippen LogP) is 4.77. The summed E-state index contributed by atoms with van der Waals surface area (Å²) in [4.78, 5) is 17.6. The molecule has 1 amide bonds. The van der Waals surface area contributed by atoms with Crippen LogP contribution in [0.3, 0.4) is 0 Å². The molecular weight excluding hydrogens is 374 g/mol. The molecule has 5 N–H and O–H groups in total. The van der Waals surface area contributed by atoms with Crippen LogP contribution in [0.15, 0.2) is 53.7 Å². The second kappa shape index (κ2) is 10.5. The van der Waals surface area contributed by atoms with E-state index in [2.05, 4.69) is 35.5 Å². The van der Waals surface area contributed by atoms with Crippen molar-refractivity contribution in [2.24, 2.45) is 10.7 Å². The topological polar surface area (TPSA) is 103 Å². The molecule has 0 spiro atoms. The summed E-state index contributed by atoms with van der Waals surface area (Å²) >= 11 is 0. The number of allylic oxidation sites excluding steroid dienone is 1. The van der Waals surface area contributed by atoms with Gasteiger partial charge in [-0.2, -0.15) is 0 Å². The largest absolute Gasteiger partial charge is 0.404 e. The maximum absolute atomic E-state index is 13.0. The molecule has 2 aromatic carbocycles. The van der Waals surface area contributed by atoms with Gasteiger partial charge in [-0.25, -0.2) is 0 Å². The zero-order valence-corrected chi connectivity index (χ0v) is 18.3. The van der Waals surface area contributed by atoms with Gasteiger partial charge in [0.15, 0.2) is 0 Å². The first-order valence-electron chi connectivity index (χ1n) is 9.97. The molecule has 6 nitrogen and oxygen atoms in total. The van der Waals surface area contributed by atoms with Crippen LogP contribution in [0, 0.1) is 5.41 Å². The maximum Gasteiger partial charge on any atom is 0.246 e. The van der Waals surface area contributed by atoms with Crippen LogP contribution >= 0.6 is 0 Å². The quantitative estimate of drug-likeness (QED) is 0.476. The molecule has 0 saturated carbocycles. The monoisotopic (exact) mass is 405 g/mol. The Morgan fingerprint density at radius 1 is 1.13 bits per heavy atom. The van der Waals surface area contributed by atoms with Crippen molar-refractivity contribution in [3.05, 3.63) is 65.4 Å². The van der Waals surface area contributed by atoms with Crippen molar-refractivity contribution in [1.82, 2.24) is 5.32 Å². The van der Waals surface area contributed by atoms with Gasteiger partial charge in [0, 0.05) is 29.4 Å². The van der Waals surface area contributed by atoms with Crippen LogP contribution in [-0.2, 0) is 4.79 Å². The van der Waals surface area contributed by atoms with Gasteiger partial charge in [0.05, 0.1) is 5.69 Å². The minimum Gasteiger partial charge on any atom is -0.404 e. The minimum absolute atomic E-state index is 0.149. The molecule has 0 aliphatic carbocycles.